The molecule has 0 bridgehead atoms. The number of carbonyl (C=O) groups is 2. The summed E-state index contributed by atoms with van der Waals surface area (Å²) in [4.78, 5) is 39.2. The molecule has 2 amide bonds. The Balaban J connectivity index is 1.63. The lowest BCUT2D eigenvalue weighted by atomic mass is 9.81. The summed E-state index contributed by atoms with van der Waals surface area (Å²) in [6, 6.07) is 15.1. The van der Waals surface area contributed by atoms with E-state index in [1.165, 1.54) is 11.8 Å². The molecule has 0 aromatic heterocycles. The van der Waals surface area contributed by atoms with Crippen LogP contribution in [0.2, 0.25) is 10.0 Å². The van der Waals surface area contributed by atoms with Crippen LogP contribution >= 0.6 is 35.0 Å². The maximum Gasteiger partial charge on any atom is 0.263 e. The standard InChI is InChI=1S/C31H36Cl2N4O2S/c1-7-23-16-17-24(28(38)35(5)6)36(23)29(39)26-25(18(2)3)37-27(19-8-12-21(32)13-9-19)31(4,34-30(37)40-26)20-10-14-22(33)15-11-20/h8-15,18,23-24,27H,7,16-17H2,1-6H3/t23-,24+,27-,31+/m1/s1. The Kier molecular flexibility index (Phi) is 8.03. The first-order valence-electron chi connectivity index (χ1n) is 13.8. The second-order valence-electron chi connectivity index (χ2n) is 11.4. The maximum absolute atomic E-state index is 14.4. The normalized spacial score (nSPS) is 26.0. The molecule has 0 spiro atoms. The molecule has 2 aromatic rings. The molecule has 1 saturated heterocycles. The molecule has 1 fully saturated rings. The number of thioether (sulfide) groups is 1. The van der Waals surface area contributed by atoms with Gasteiger partial charge in [0.05, 0.1) is 6.04 Å². The van der Waals surface area contributed by atoms with Crippen LogP contribution in [0, 0.1) is 5.92 Å². The summed E-state index contributed by atoms with van der Waals surface area (Å²) >= 11 is 14.0. The minimum absolute atomic E-state index is 0.0220. The van der Waals surface area contributed by atoms with Crippen LogP contribution in [0.5, 0.6) is 0 Å². The van der Waals surface area contributed by atoms with Gasteiger partial charge in [0.15, 0.2) is 5.17 Å². The van der Waals surface area contributed by atoms with Crippen molar-refractivity contribution in [2.75, 3.05) is 14.1 Å². The second kappa shape index (κ2) is 11.1. The summed E-state index contributed by atoms with van der Waals surface area (Å²) in [7, 11) is 3.51. The molecule has 40 heavy (non-hydrogen) atoms. The molecule has 6 nitrogen and oxygen atoms in total. The van der Waals surface area contributed by atoms with E-state index in [1.807, 2.05) is 53.4 Å². The van der Waals surface area contributed by atoms with Crippen LogP contribution in [0.15, 0.2) is 64.1 Å². The van der Waals surface area contributed by atoms with Crippen molar-refractivity contribution in [2.24, 2.45) is 10.9 Å². The van der Waals surface area contributed by atoms with Crippen molar-refractivity contribution in [3.8, 4) is 0 Å². The van der Waals surface area contributed by atoms with Gasteiger partial charge in [0.2, 0.25) is 5.91 Å². The van der Waals surface area contributed by atoms with Crippen molar-refractivity contribution in [2.45, 2.75) is 70.6 Å². The lowest BCUT2D eigenvalue weighted by molar-refractivity contribution is -0.141. The van der Waals surface area contributed by atoms with Crippen LogP contribution in [-0.4, -0.2) is 57.9 Å². The van der Waals surface area contributed by atoms with Gasteiger partial charge in [-0.1, -0.05) is 68.2 Å². The summed E-state index contributed by atoms with van der Waals surface area (Å²) in [5.74, 6) is -0.0446. The zero-order valence-corrected chi connectivity index (χ0v) is 26.1. The number of hydrogen-bond donors (Lipinski definition) is 0. The maximum atomic E-state index is 14.4. The molecule has 0 unspecified atom stereocenters. The topological polar surface area (TPSA) is 56.2 Å². The highest BCUT2D eigenvalue weighted by atomic mass is 35.5. The summed E-state index contributed by atoms with van der Waals surface area (Å²) < 4.78 is 0. The molecule has 212 valence electrons. The summed E-state index contributed by atoms with van der Waals surface area (Å²) in [6.45, 7) is 8.46. The van der Waals surface area contributed by atoms with E-state index in [0.717, 1.165) is 34.8 Å². The molecule has 5 rings (SSSR count). The quantitative estimate of drug-likeness (QED) is 0.356. The number of amidine groups is 1. The second-order valence-corrected chi connectivity index (χ2v) is 13.3. The van der Waals surface area contributed by atoms with Crippen molar-refractivity contribution in [1.82, 2.24) is 14.7 Å². The third-order valence-electron chi connectivity index (χ3n) is 8.30. The Morgan fingerprint density at radius 1 is 1.05 bits per heavy atom. The SMILES string of the molecule is CC[C@@H]1CC[C@@H](C(=O)N(C)C)N1C(=O)C1=C(C(C)C)N2C(=N[C@@](C)(c3ccc(Cl)cc3)[C@H]2c2ccc(Cl)cc2)S1. The number of likely N-dealkylation sites (N-methyl/N-ethyl adjacent to an activating group) is 1. The molecule has 3 aliphatic rings. The van der Waals surface area contributed by atoms with Crippen molar-refractivity contribution in [1.29, 1.82) is 0 Å². The average molecular weight is 600 g/mol. The van der Waals surface area contributed by atoms with E-state index < -0.39 is 11.6 Å². The van der Waals surface area contributed by atoms with Gasteiger partial charge in [-0.25, -0.2) is 4.99 Å². The van der Waals surface area contributed by atoms with Crippen molar-refractivity contribution in [3.05, 3.63) is 80.3 Å². The monoisotopic (exact) mass is 598 g/mol. The fraction of sp³-hybridized carbons (Fsp3) is 0.452. The lowest BCUT2D eigenvalue weighted by Crippen LogP contribution is -2.49. The highest BCUT2D eigenvalue weighted by Crippen LogP contribution is 2.56. The summed E-state index contributed by atoms with van der Waals surface area (Å²) in [5, 5.41) is 2.13. The highest BCUT2D eigenvalue weighted by Gasteiger charge is 2.54. The third kappa shape index (κ3) is 4.84. The predicted octanol–water partition coefficient (Wildman–Crippen LogP) is 7.09. The first-order chi connectivity index (χ1) is 19.0. The number of rotatable bonds is 6. The predicted molar refractivity (Wildman–Crippen MR) is 164 cm³/mol. The molecule has 9 heteroatoms. The zero-order chi connectivity index (χ0) is 28.9. The van der Waals surface area contributed by atoms with Gasteiger partial charge in [0.25, 0.3) is 5.91 Å². The van der Waals surface area contributed by atoms with Crippen LogP contribution in [-0.2, 0) is 15.1 Å². The number of aliphatic imine (C=N–C) groups is 1. The van der Waals surface area contributed by atoms with Gasteiger partial charge in [-0.05, 0) is 79.3 Å². The molecule has 4 atom stereocenters. The van der Waals surface area contributed by atoms with Gasteiger partial charge in [-0.15, -0.1) is 0 Å². The average Bonchev–Trinajstić information content (AvgIpc) is 3.58. The molecule has 0 radical (unpaired) electrons. The molecule has 0 aliphatic carbocycles. The zero-order valence-electron chi connectivity index (χ0n) is 23.8. The number of allylic oxidation sites excluding steroid dienone is 1. The Morgan fingerprint density at radius 2 is 1.65 bits per heavy atom. The molecule has 0 N–H and O–H groups in total. The van der Waals surface area contributed by atoms with Crippen LogP contribution in [0.3, 0.4) is 0 Å². The van der Waals surface area contributed by atoms with Gasteiger partial charge in [-0.3, -0.25) is 9.59 Å². The fourth-order valence-corrected chi connectivity index (χ4v) is 7.92. The Labute approximate surface area is 251 Å². The first kappa shape index (κ1) is 29.0. The van der Waals surface area contributed by atoms with Crippen molar-refractivity contribution >= 4 is 51.9 Å². The minimum atomic E-state index is -0.626. The number of fused-ring (bicyclic) bond motifs is 1. The van der Waals surface area contributed by atoms with E-state index in [0.29, 0.717) is 21.4 Å². The largest absolute Gasteiger partial charge is 0.347 e. The number of carbonyl (C=O) groups excluding carboxylic acids is 2. The number of halogens is 2. The van der Waals surface area contributed by atoms with Gasteiger partial charge < -0.3 is 14.7 Å². The van der Waals surface area contributed by atoms with Gasteiger partial charge in [0, 0.05) is 35.9 Å². The smallest absolute Gasteiger partial charge is 0.263 e. The van der Waals surface area contributed by atoms with E-state index in [2.05, 4.69) is 32.6 Å². The molecule has 3 heterocycles. The first-order valence-corrected chi connectivity index (χ1v) is 15.4. The van der Waals surface area contributed by atoms with E-state index in [-0.39, 0.29) is 29.8 Å². The van der Waals surface area contributed by atoms with E-state index in [9.17, 15) is 9.59 Å². The molecular formula is C31H36Cl2N4O2S. The number of amides is 2. The Hall–Kier alpha value is -2.48. The number of benzene rings is 2. The molecule has 3 aliphatic heterocycles. The Morgan fingerprint density at radius 3 is 2.20 bits per heavy atom. The fourth-order valence-electron chi connectivity index (χ4n) is 6.31. The third-order valence-corrected chi connectivity index (χ3v) is 9.86. The Bertz CT molecular complexity index is 1370. The summed E-state index contributed by atoms with van der Waals surface area (Å²) in [5.41, 5.74) is 2.42. The van der Waals surface area contributed by atoms with Crippen LogP contribution in [0.1, 0.15) is 64.1 Å². The lowest BCUT2D eigenvalue weighted by Gasteiger charge is -2.37. The van der Waals surface area contributed by atoms with Gasteiger partial charge in [-0.2, -0.15) is 0 Å². The van der Waals surface area contributed by atoms with Crippen molar-refractivity contribution in [3.63, 3.8) is 0 Å². The van der Waals surface area contributed by atoms with Crippen LogP contribution in [0.4, 0.5) is 0 Å². The number of hydrogen-bond acceptors (Lipinski definition) is 5. The van der Waals surface area contributed by atoms with E-state index in [1.54, 1.807) is 19.0 Å². The molecular weight excluding hydrogens is 563 g/mol. The number of likely N-dealkylation sites (tertiary alicyclic amines) is 1. The molecule has 0 saturated carbocycles. The van der Waals surface area contributed by atoms with E-state index >= 15 is 0 Å². The van der Waals surface area contributed by atoms with Crippen molar-refractivity contribution < 1.29 is 9.59 Å². The van der Waals surface area contributed by atoms with Crippen LogP contribution < -0.4 is 0 Å². The minimum Gasteiger partial charge on any atom is -0.347 e. The van der Waals surface area contributed by atoms with Gasteiger partial charge >= 0.3 is 0 Å². The summed E-state index contributed by atoms with van der Waals surface area (Å²) in [6.07, 6.45) is 2.32. The van der Waals surface area contributed by atoms with Crippen LogP contribution in [0.25, 0.3) is 0 Å². The highest BCUT2D eigenvalue weighted by molar-refractivity contribution is 8.18. The number of nitrogens with zero attached hydrogens (tertiary/aromatic N) is 4. The van der Waals surface area contributed by atoms with E-state index in [4.69, 9.17) is 28.2 Å². The molecule has 2 aromatic carbocycles. The van der Waals surface area contributed by atoms with Gasteiger partial charge in [0.1, 0.15) is 16.5 Å².